The van der Waals surface area contributed by atoms with Gasteiger partial charge in [0.2, 0.25) is 5.91 Å². The van der Waals surface area contributed by atoms with E-state index in [-0.39, 0.29) is 42.7 Å². The second kappa shape index (κ2) is 8.39. The summed E-state index contributed by atoms with van der Waals surface area (Å²) in [4.78, 5) is 37.6. The molecule has 2 aliphatic carbocycles. The molecule has 2 aromatic rings. The van der Waals surface area contributed by atoms with Gasteiger partial charge in [0.15, 0.2) is 0 Å². The third kappa shape index (κ3) is 3.88. The number of likely N-dealkylation sites (tertiary alicyclic amines) is 1. The molecule has 2 N–H and O–H groups in total. The lowest BCUT2D eigenvalue weighted by Crippen LogP contribution is -2.33. The van der Waals surface area contributed by atoms with E-state index in [1.807, 2.05) is 24.3 Å². The van der Waals surface area contributed by atoms with Crippen molar-refractivity contribution in [1.29, 1.82) is 0 Å². The minimum atomic E-state index is -0.767. The Bertz CT molecular complexity index is 1100. The van der Waals surface area contributed by atoms with Crippen molar-refractivity contribution < 1.29 is 24.2 Å². The fraction of sp³-hybridized carbons (Fsp3) is 0.346. The van der Waals surface area contributed by atoms with E-state index in [1.54, 1.807) is 17.9 Å². The van der Waals surface area contributed by atoms with E-state index in [9.17, 15) is 14.4 Å². The van der Waals surface area contributed by atoms with Crippen LogP contribution in [0.25, 0.3) is 11.1 Å². The molecule has 5 rings (SSSR count). The summed E-state index contributed by atoms with van der Waals surface area (Å²) in [6, 6.07) is 16.3. The average molecular weight is 447 g/mol. The summed E-state index contributed by atoms with van der Waals surface area (Å²) < 4.78 is 5.51. The summed E-state index contributed by atoms with van der Waals surface area (Å²) in [6.07, 6.45) is 1.14. The number of rotatable bonds is 6. The zero-order valence-electron chi connectivity index (χ0n) is 18.4. The van der Waals surface area contributed by atoms with Gasteiger partial charge in [0.1, 0.15) is 6.61 Å². The molecule has 0 aromatic heterocycles. The van der Waals surface area contributed by atoms with Crippen LogP contribution in [0.5, 0.6) is 0 Å². The Morgan fingerprint density at radius 2 is 1.61 bits per heavy atom. The lowest BCUT2D eigenvalue weighted by molar-refractivity contribution is -0.140. The van der Waals surface area contributed by atoms with Crippen LogP contribution >= 0.6 is 0 Å². The number of ether oxygens (including phenoxy) is 1. The van der Waals surface area contributed by atoms with Gasteiger partial charge in [0.05, 0.1) is 5.92 Å². The number of carboxylic acids is 1. The van der Waals surface area contributed by atoms with Crippen LogP contribution in [0, 0.1) is 17.8 Å². The minimum Gasteiger partial charge on any atom is -0.481 e. The number of fused-ring (bicyclic) bond motifs is 4. The van der Waals surface area contributed by atoms with Crippen molar-refractivity contribution in [3.63, 3.8) is 0 Å². The van der Waals surface area contributed by atoms with Gasteiger partial charge in [-0.25, -0.2) is 4.79 Å². The first-order valence-electron chi connectivity index (χ1n) is 11.2. The highest BCUT2D eigenvalue weighted by atomic mass is 16.5. The van der Waals surface area contributed by atoms with Crippen molar-refractivity contribution in [3.05, 3.63) is 71.3 Å². The maximum absolute atomic E-state index is 12.6. The Balaban J connectivity index is 1.11. The molecule has 2 fully saturated rings. The number of aliphatic carboxylic acids is 1. The molecule has 7 nitrogen and oxygen atoms in total. The Hall–Kier alpha value is -3.61. The number of carbonyl (C=O) groups excluding carboxylic acids is 2. The predicted octanol–water partition coefficient (Wildman–Crippen LogP) is 3.26. The molecule has 2 aromatic carbocycles. The van der Waals surface area contributed by atoms with Crippen molar-refractivity contribution in [3.8, 4) is 11.1 Å². The molecule has 7 heteroatoms. The van der Waals surface area contributed by atoms with Gasteiger partial charge >= 0.3 is 12.1 Å². The largest absolute Gasteiger partial charge is 0.481 e. The van der Waals surface area contributed by atoms with Crippen molar-refractivity contribution in [2.24, 2.45) is 17.8 Å². The number of piperidine rings is 1. The summed E-state index contributed by atoms with van der Waals surface area (Å²) in [5.41, 5.74) is 5.19. The molecule has 2 unspecified atom stereocenters. The zero-order valence-corrected chi connectivity index (χ0v) is 18.4. The van der Waals surface area contributed by atoms with Crippen LogP contribution < -0.4 is 5.32 Å². The second-order valence-electron chi connectivity index (χ2n) is 9.00. The van der Waals surface area contributed by atoms with Crippen molar-refractivity contribution in [2.45, 2.75) is 12.8 Å². The summed E-state index contributed by atoms with van der Waals surface area (Å²) >= 11 is 0. The molecular formula is C26H26N2O5. The van der Waals surface area contributed by atoms with Gasteiger partial charge < -0.3 is 20.1 Å². The van der Waals surface area contributed by atoms with Crippen LogP contribution in [0.1, 0.15) is 24.0 Å². The molecule has 0 bridgehead atoms. The number of hydrogen-bond acceptors (Lipinski definition) is 4. The number of nitrogens with zero attached hydrogens (tertiary/aromatic N) is 1. The van der Waals surface area contributed by atoms with Gasteiger partial charge in [-0.05, 0) is 41.0 Å². The molecule has 1 saturated heterocycles. The number of carboxylic acid groups (broad SMARTS) is 1. The maximum atomic E-state index is 12.6. The topological polar surface area (TPSA) is 95.9 Å². The van der Waals surface area contributed by atoms with E-state index in [4.69, 9.17) is 9.84 Å². The highest BCUT2D eigenvalue weighted by molar-refractivity contribution is 5.93. The van der Waals surface area contributed by atoms with Crippen molar-refractivity contribution in [2.75, 3.05) is 26.2 Å². The first-order valence-corrected chi connectivity index (χ1v) is 11.2. The van der Waals surface area contributed by atoms with E-state index in [2.05, 4.69) is 29.6 Å². The van der Waals surface area contributed by atoms with Gasteiger partial charge in [0.25, 0.3) is 0 Å². The van der Waals surface area contributed by atoms with Crippen molar-refractivity contribution >= 4 is 18.0 Å². The van der Waals surface area contributed by atoms with Gasteiger partial charge in [-0.1, -0.05) is 54.6 Å². The fourth-order valence-corrected chi connectivity index (χ4v) is 5.33. The minimum absolute atomic E-state index is 0.00163. The standard InChI is InChI=1S/C26H26N2O5/c1-15(24(29)28-12-20-21(13-28)23(20)25(30)31)10-11-27-26(32)33-14-22-18-8-4-2-6-16(18)17-7-3-5-9-19(17)22/h2-10,20-23H,11-14H2,1H3,(H,27,32)(H,30,31)/b15-10+. The molecule has 3 aliphatic rings. The smallest absolute Gasteiger partial charge is 0.407 e. The van der Waals surface area contributed by atoms with Crippen LogP contribution in [0.2, 0.25) is 0 Å². The Morgan fingerprint density at radius 1 is 1.03 bits per heavy atom. The molecule has 1 aliphatic heterocycles. The number of hydrogen-bond donors (Lipinski definition) is 2. The van der Waals surface area contributed by atoms with Crippen LogP contribution in [0.4, 0.5) is 4.79 Å². The highest BCUT2D eigenvalue weighted by Gasteiger charge is 2.60. The molecular weight excluding hydrogens is 420 g/mol. The lowest BCUT2D eigenvalue weighted by atomic mass is 9.98. The van der Waals surface area contributed by atoms with E-state index in [1.165, 1.54) is 11.1 Å². The van der Waals surface area contributed by atoms with Crippen molar-refractivity contribution in [1.82, 2.24) is 10.2 Å². The van der Waals surface area contributed by atoms with Gasteiger partial charge in [-0.15, -0.1) is 0 Å². The summed E-state index contributed by atoms with van der Waals surface area (Å²) in [5, 5.41) is 11.8. The fourth-order valence-electron chi connectivity index (χ4n) is 5.33. The Kier molecular flexibility index (Phi) is 5.40. The van der Waals surface area contributed by atoms with E-state index >= 15 is 0 Å². The first-order chi connectivity index (χ1) is 16.0. The van der Waals surface area contributed by atoms with Crippen LogP contribution in [-0.4, -0.2) is 54.2 Å². The average Bonchev–Trinajstić information content (AvgIpc) is 3.17. The Labute approximate surface area is 192 Å². The van der Waals surface area contributed by atoms with E-state index in [0.717, 1.165) is 11.1 Å². The number of benzene rings is 2. The molecule has 0 radical (unpaired) electrons. The third-order valence-corrected chi connectivity index (χ3v) is 7.10. The summed E-state index contributed by atoms with van der Waals surface area (Å²) in [6.45, 7) is 3.12. The van der Waals surface area contributed by atoms with Crippen LogP contribution in [0.15, 0.2) is 60.2 Å². The summed E-state index contributed by atoms with van der Waals surface area (Å²) in [7, 11) is 0. The maximum Gasteiger partial charge on any atom is 0.407 e. The first kappa shape index (κ1) is 21.2. The SMILES string of the molecule is C/C(=C\CNC(=O)OCC1c2ccccc2-c2ccccc21)C(=O)N1CC2C(C1)C2C(=O)O. The van der Waals surface area contributed by atoms with Gasteiger partial charge in [-0.2, -0.15) is 0 Å². The molecule has 2 atom stereocenters. The number of alkyl carbamates (subject to hydrolysis) is 1. The monoisotopic (exact) mass is 446 g/mol. The second-order valence-corrected chi connectivity index (χ2v) is 9.00. The molecule has 1 saturated carbocycles. The Morgan fingerprint density at radius 3 is 2.18 bits per heavy atom. The quantitative estimate of drug-likeness (QED) is 0.664. The third-order valence-electron chi connectivity index (χ3n) is 7.10. The lowest BCUT2D eigenvalue weighted by Gasteiger charge is -2.19. The van der Waals surface area contributed by atoms with E-state index in [0.29, 0.717) is 18.7 Å². The molecule has 0 spiro atoms. The van der Waals surface area contributed by atoms with Gasteiger partial charge in [-0.3, -0.25) is 9.59 Å². The molecule has 1 heterocycles. The predicted molar refractivity (Wildman–Crippen MR) is 122 cm³/mol. The normalized spacial score (nSPS) is 22.9. The zero-order chi connectivity index (χ0) is 23.1. The van der Waals surface area contributed by atoms with Gasteiger partial charge in [0, 0.05) is 31.1 Å². The number of amides is 2. The van der Waals surface area contributed by atoms with Crippen LogP contribution in [0.3, 0.4) is 0 Å². The summed E-state index contributed by atoms with van der Waals surface area (Å²) in [5.74, 6) is -1.01. The highest BCUT2D eigenvalue weighted by Crippen LogP contribution is 2.52. The number of nitrogens with one attached hydrogen (secondary N) is 1. The molecule has 170 valence electrons. The molecule has 2 amide bonds. The van der Waals surface area contributed by atoms with Crippen LogP contribution in [-0.2, 0) is 14.3 Å². The molecule has 33 heavy (non-hydrogen) atoms. The number of carbonyl (C=O) groups is 3. The van der Waals surface area contributed by atoms with E-state index < -0.39 is 12.1 Å².